The topological polar surface area (TPSA) is 103 Å². The smallest absolute Gasteiger partial charge is 0.315 e. The number of hydrogen-bond acceptors (Lipinski definition) is 3. The zero-order chi connectivity index (χ0) is 16.2. The number of pyridine rings is 1. The van der Waals surface area contributed by atoms with Crippen molar-refractivity contribution in [3.63, 3.8) is 0 Å². The zero-order valence-electron chi connectivity index (χ0n) is 13.0. The largest absolute Gasteiger partial charge is 0.350 e. The molecule has 116 valence electrons. The van der Waals surface area contributed by atoms with Gasteiger partial charge in [0.1, 0.15) is 5.54 Å². The van der Waals surface area contributed by atoms with Crippen molar-refractivity contribution >= 4 is 11.9 Å². The molecule has 0 bridgehead atoms. The van der Waals surface area contributed by atoms with Crippen LogP contribution < -0.4 is 21.5 Å². The van der Waals surface area contributed by atoms with Crippen LogP contribution in [0, 0.1) is 13.8 Å². The minimum Gasteiger partial charge on any atom is -0.350 e. The van der Waals surface area contributed by atoms with E-state index in [1.807, 2.05) is 13.0 Å². The number of rotatable bonds is 4. The summed E-state index contributed by atoms with van der Waals surface area (Å²) in [6.45, 7) is 6.90. The van der Waals surface area contributed by atoms with Gasteiger partial charge in [0, 0.05) is 24.8 Å². The van der Waals surface area contributed by atoms with Crippen LogP contribution in [0.2, 0.25) is 0 Å². The standard InChI is InChI=1S/C14H22N4O3/c1-8-6-9(2)17-11(19)10(8)7-16-12(20)14(3,4)18-13(21)15-5/h6H,7H2,1-5H3,(H,16,20)(H,17,19)(H2,15,18,21). The van der Waals surface area contributed by atoms with Crippen LogP contribution in [0.5, 0.6) is 0 Å². The average molecular weight is 294 g/mol. The van der Waals surface area contributed by atoms with Crippen LogP contribution in [-0.4, -0.2) is 29.5 Å². The van der Waals surface area contributed by atoms with Crippen molar-refractivity contribution in [2.75, 3.05) is 7.05 Å². The van der Waals surface area contributed by atoms with E-state index < -0.39 is 11.6 Å². The second kappa shape index (κ2) is 6.43. The van der Waals surface area contributed by atoms with Gasteiger partial charge in [-0.1, -0.05) is 0 Å². The molecule has 0 fully saturated rings. The van der Waals surface area contributed by atoms with Gasteiger partial charge in [0.2, 0.25) is 5.91 Å². The molecular weight excluding hydrogens is 272 g/mol. The van der Waals surface area contributed by atoms with Crippen LogP contribution in [0.15, 0.2) is 10.9 Å². The summed E-state index contributed by atoms with van der Waals surface area (Å²) in [5.74, 6) is -0.370. The van der Waals surface area contributed by atoms with Crippen molar-refractivity contribution in [3.8, 4) is 0 Å². The van der Waals surface area contributed by atoms with Gasteiger partial charge in [-0.25, -0.2) is 4.79 Å². The molecule has 1 rings (SSSR count). The Labute approximate surface area is 123 Å². The van der Waals surface area contributed by atoms with Crippen molar-refractivity contribution in [2.24, 2.45) is 0 Å². The van der Waals surface area contributed by atoms with Gasteiger partial charge in [0.25, 0.3) is 5.56 Å². The minimum atomic E-state index is -1.08. The van der Waals surface area contributed by atoms with Gasteiger partial charge >= 0.3 is 6.03 Å². The molecule has 4 N–H and O–H groups in total. The Kier molecular flexibility index (Phi) is 5.12. The molecule has 0 saturated carbocycles. The SMILES string of the molecule is CNC(=O)NC(C)(C)C(=O)NCc1c(C)cc(C)[nH]c1=O. The van der Waals surface area contributed by atoms with E-state index in [0.29, 0.717) is 5.56 Å². The molecule has 0 aliphatic rings. The van der Waals surface area contributed by atoms with Crippen LogP contribution in [0.1, 0.15) is 30.7 Å². The lowest BCUT2D eigenvalue weighted by atomic mass is 10.0. The second-order valence-corrected chi connectivity index (χ2v) is 5.45. The van der Waals surface area contributed by atoms with Crippen LogP contribution >= 0.6 is 0 Å². The first kappa shape index (κ1) is 16.7. The molecule has 1 heterocycles. The molecule has 0 aliphatic heterocycles. The monoisotopic (exact) mass is 294 g/mol. The van der Waals surface area contributed by atoms with Gasteiger partial charge in [-0.15, -0.1) is 0 Å². The molecule has 0 radical (unpaired) electrons. The summed E-state index contributed by atoms with van der Waals surface area (Å²) in [5, 5.41) is 7.59. The maximum absolute atomic E-state index is 12.1. The number of amides is 3. The van der Waals surface area contributed by atoms with Gasteiger partial charge in [-0.05, 0) is 39.3 Å². The number of aromatic nitrogens is 1. The molecule has 21 heavy (non-hydrogen) atoms. The molecule has 3 amide bonds. The Morgan fingerprint density at radius 1 is 1.29 bits per heavy atom. The predicted octanol–water partition coefficient (Wildman–Crippen LogP) is 0.316. The van der Waals surface area contributed by atoms with Crippen molar-refractivity contribution in [1.29, 1.82) is 0 Å². The molecule has 0 aliphatic carbocycles. The number of H-pyrrole nitrogens is 1. The number of urea groups is 1. The summed E-state index contributed by atoms with van der Waals surface area (Å²) in [5.41, 5.74) is 0.795. The lowest BCUT2D eigenvalue weighted by Gasteiger charge is -2.24. The Morgan fingerprint density at radius 3 is 2.43 bits per heavy atom. The summed E-state index contributed by atoms with van der Waals surface area (Å²) in [6, 6.07) is 1.40. The van der Waals surface area contributed by atoms with Gasteiger partial charge < -0.3 is 20.9 Å². The van der Waals surface area contributed by atoms with Gasteiger partial charge in [-0.3, -0.25) is 9.59 Å². The fraction of sp³-hybridized carbons (Fsp3) is 0.500. The highest BCUT2D eigenvalue weighted by Gasteiger charge is 2.29. The van der Waals surface area contributed by atoms with Crippen LogP contribution in [-0.2, 0) is 11.3 Å². The first-order valence-corrected chi connectivity index (χ1v) is 6.65. The number of nitrogens with one attached hydrogen (secondary N) is 4. The van der Waals surface area contributed by atoms with Crippen LogP contribution in [0.4, 0.5) is 4.79 Å². The summed E-state index contributed by atoms with van der Waals surface area (Å²) < 4.78 is 0. The first-order chi connectivity index (χ1) is 9.67. The first-order valence-electron chi connectivity index (χ1n) is 6.65. The van der Waals surface area contributed by atoms with Crippen LogP contribution in [0.25, 0.3) is 0 Å². The van der Waals surface area contributed by atoms with E-state index in [-0.39, 0.29) is 18.0 Å². The molecule has 0 aromatic carbocycles. The summed E-state index contributed by atoms with van der Waals surface area (Å²) in [4.78, 5) is 38.0. The number of carbonyl (C=O) groups excluding carboxylic acids is 2. The van der Waals surface area contributed by atoms with Crippen molar-refractivity contribution < 1.29 is 9.59 Å². The molecule has 7 nitrogen and oxygen atoms in total. The summed E-state index contributed by atoms with van der Waals surface area (Å²) in [6.07, 6.45) is 0. The van der Waals surface area contributed by atoms with E-state index in [0.717, 1.165) is 11.3 Å². The number of hydrogen-bond donors (Lipinski definition) is 4. The molecule has 0 unspecified atom stereocenters. The van der Waals surface area contributed by atoms with E-state index in [1.165, 1.54) is 7.05 Å². The van der Waals surface area contributed by atoms with Crippen molar-refractivity contribution in [3.05, 3.63) is 33.2 Å². The minimum absolute atomic E-state index is 0.110. The van der Waals surface area contributed by atoms with Crippen molar-refractivity contribution in [1.82, 2.24) is 20.9 Å². The lowest BCUT2D eigenvalue weighted by Crippen LogP contribution is -2.56. The Morgan fingerprint density at radius 2 is 1.90 bits per heavy atom. The Bertz CT molecular complexity index is 605. The number of aryl methyl sites for hydroxylation is 2. The van der Waals surface area contributed by atoms with Gasteiger partial charge in [-0.2, -0.15) is 0 Å². The normalized spacial score (nSPS) is 10.9. The summed E-state index contributed by atoms with van der Waals surface area (Å²) >= 11 is 0. The maximum atomic E-state index is 12.1. The third kappa shape index (κ3) is 4.34. The lowest BCUT2D eigenvalue weighted by molar-refractivity contribution is -0.126. The number of aromatic amines is 1. The molecule has 1 aromatic heterocycles. The third-order valence-electron chi connectivity index (χ3n) is 3.14. The Balaban J connectivity index is 2.78. The molecule has 0 atom stereocenters. The molecule has 0 spiro atoms. The van der Waals surface area contributed by atoms with Crippen LogP contribution in [0.3, 0.4) is 0 Å². The van der Waals surface area contributed by atoms with E-state index in [1.54, 1.807) is 20.8 Å². The van der Waals surface area contributed by atoms with E-state index in [4.69, 9.17) is 0 Å². The third-order valence-corrected chi connectivity index (χ3v) is 3.14. The van der Waals surface area contributed by atoms with E-state index >= 15 is 0 Å². The summed E-state index contributed by atoms with van der Waals surface area (Å²) in [7, 11) is 1.47. The maximum Gasteiger partial charge on any atom is 0.315 e. The highest BCUT2D eigenvalue weighted by atomic mass is 16.2. The van der Waals surface area contributed by atoms with Gasteiger partial charge in [0.15, 0.2) is 0 Å². The molecule has 1 aromatic rings. The van der Waals surface area contributed by atoms with Gasteiger partial charge in [0.05, 0.1) is 0 Å². The van der Waals surface area contributed by atoms with Crippen molar-refractivity contribution in [2.45, 2.75) is 39.8 Å². The average Bonchev–Trinajstić information content (AvgIpc) is 2.36. The fourth-order valence-electron chi connectivity index (χ4n) is 1.89. The fourth-order valence-corrected chi connectivity index (χ4v) is 1.89. The number of carbonyl (C=O) groups is 2. The zero-order valence-corrected chi connectivity index (χ0v) is 13.0. The Hall–Kier alpha value is -2.31. The van der Waals surface area contributed by atoms with E-state index in [2.05, 4.69) is 20.9 Å². The van der Waals surface area contributed by atoms with E-state index in [9.17, 15) is 14.4 Å². The molecular formula is C14H22N4O3. The predicted molar refractivity (Wildman–Crippen MR) is 80.1 cm³/mol. The highest BCUT2D eigenvalue weighted by molar-refractivity contribution is 5.90. The highest BCUT2D eigenvalue weighted by Crippen LogP contribution is 2.06. The second-order valence-electron chi connectivity index (χ2n) is 5.45. The molecule has 7 heteroatoms. The quantitative estimate of drug-likeness (QED) is 0.643. The molecule has 0 saturated heterocycles.